The van der Waals surface area contributed by atoms with Gasteiger partial charge in [0.2, 0.25) is 10.0 Å². The number of fused-ring (bicyclic) bond motifs is 1. The van der Waals surface area contributed by atoms with Crippen LogP contribution < -0.4 is 10.5 Å². The number of nitrogens with one attached hydrogen (secondary N) is 1. The van der Waals surface area contributed by atoms with Gasteiger partial charge in [0.05, 0.1) is 17.8 Å². The number of nitrogens with two attached hydrogens (primary N) is 1. The van der Waals surface area contributed by atoms with E-state index in [2.05, 4.69) is 45.9 Å². The van der Waals surface area contributed by atoms with E-state index >= 15 is 0 Å². The van der Waals surface area contributed by atoms with Gasteiger partial charge in [-0.2, -0.15) is 0 Å². The zero-order valence-electron chi connectivity index (χ0n) is 18.7. The molecule has 9 nitrogen and oxygen atoms in total. The van der Waals surface area contributed by atoms with Gasteiger partial charge >= 0.3 is 0 Å². The van der Waals surface area contributed by atoms with Crippen LogP contribution >= 0.6 is 12.4 Å². The number of hydrogen-bond donors (Lipinski definition) is 2. The monoisotopic (exact) mass is 481 g/mol. The number of aromatic nitrogens is 4. The fourth-order valence-corrected chi connectivity index (χ4v) is 4.07. The smallest absolute Gasteiger partial charge is 0.238 e. The average Bonchev–Trinajstić information content (AvgIpc) is 3.15. The summed E-state index contributed by atoms with van der Waals surface area (Å²) < 4.78 is 24.8. The maximum absolute atomic E-state index is 11.4. The SMILES string of the molecule is CCN(CC)CCCC(C)Nc1ncnc2c1ncn2Cc1ccc(S(N)(=O)=O)cc1.Cl. The average molecular weight is 482 g/mol. The van der Waals surface area contributed by atoms with E-state index in [1.165, 1.54) is 18.5 Å². The number of benzene rings is 1. The standard InChI is InChI=1S/C21H31N7O2S.ClH/c1-4-27(5-2)12-6-7-16(3)26-20-19-21(24-14-23-20)28(15-25-19)13-17-8-10-18(11-9-17)31(22,29)30;/h8-11,14-16H,4-7,12-13H2,1-3H3,(H2,22,29,30)(H,23,24,26);1H. The highest BCUT2D eigenvalue weighted by Crippen LogP contribution is 2.20. The van der Waals surface area contributed by atoms with Crippen molar-refractivity contribution in [3.05, 3.63) is 42.5 Å². The van der Waals surface area contributed by atoms with E-state index in [4.69, 9.17) is 5.14 Å². The van der Waals surface area contributed by atoms with Crippen LogP contribution in [0.5, 0.6) is 0 Å². The minimum absolute atomic E-state index is 0. The molecule has 2 heterocycles. The van der Waals surface area contributed by atoms with Crippen LogP contribution in [0.4, 0.5) is 5.82 Å². The van der Waals surface area contributed by atoms with Crippen molar-refractivity contribution in [1.29, 1.82) is 0 Å². The van der Waals surface area contributed by atoms with Crippen LogP contribution in [0.15, 0.2) is 41.8 Å². The van der Waals surface area contributed by atoms with Crippen LogP contribution in [-0.4, -0.2) is 58.5 Å². The van der Waals surface area contributed by atoms with E-state index in [1.54, 1.807) is 18.5 Å². The molecule has 2 aromatic heterocycles. The molecule has 0 fully saturated rings. The lowest BCUT2D eigenvalue weighted by molar-refractivity contribution is 0.295. The molecule has 11 heteroatoms. The summed E-state index contributed by atoms with van der Waals surface area (Å²) in [6, 6.07) is 6.76. The molecule has 32 heavy (non-hydrogen) atoms. The van der Waals surface area contributed by atoms with E-state index in [0.717, 1.165) is 55.0 Å². The lowest BCUT2D eigenvalue weighted by Gasteiger charge is -2.20. The number of primary sulfonamides is 1. The molecule has 0 aliphatic rings. The molecule has 176 valence electrons. The van der Waals surface area contributed by atoms with Crippen LogP contribution in [-0.2, 0) is 16.6 Å². The molecule has 0 saturated heterocycles. The molecule has 3 rings (SSSR count). The number of halogens is 1. The Hall–Kier alpha value is -2.27. The third kappa shape index (κ3) is 6.61. The Bertz CT molecular complexity index is 1100. The van der Waals surface area contributed by atoms with Gasteiger partial charge in [-0.15, -0.1) is 12.4 Å². The molecule has 3 aromatic rings. The van der Waals surface area contributed by atoms with Crippen molar-refractivity contribution in [2.75, 3.05) is 25.0 Å². The minimum atomic E-state index is -3.70. The second kappa shape index (κ2) is 11.6. The maximum Gasteiger partial charge on any atom is 0.238 e. The predicted molar refractivity (Wildman–Crippen MR) is 130 cm³/mol. The van der Waals surface area contributed by atoms with Crippen LogP contribution in [0, 0.1) is 0 Å². The fourth-order valence-electron chi connectivity index (χ4n) is 3.55. The summed E-state index contributed by atoms with van der Waals surface area (Å²) in [4.78, 5) is 15.8. The highest BCUT2D eigenvalue weighted by Gasteiger charge is 2.13. The Kier molecular flexibility index (Phi) is 9.38. The number of hydrogen-bond acceptors (Lipinski definition) is 7. The lowest BCUT2D eigenvalue weighted by atomic mass is 10.1. The van der Waals surface area contributed by atoms with Gasteiger partial charge in [-0.3, -0.25) is 0 Å². The molecule has 0 amide bonds. The Balaban J connectivity index is 0.00000363. The fraction of sp³-hybridized carbons (Fsp3) is 0.476. The van der Waals surface area contributed by atoms with Crippen LogP contribution in [0.3, 0.4) is 0 Å². The molecule has 0 bridgehead atoms. The summed E-state index contributed by atoms with van der Waals surface area (Å²) >= 11 is 0. The molecule has 1 aromatic carbocycles. The largest absolute Gasteiger partial charge is 0.366 e. The molecule has 0 spiro atoms. The summed E-state index contributed by atoms with van der Waals surface area (Å²) in [6.45, 7) is 10.3. The highest BCUT2D eigenvalue weighted by atomic mass is 35.5. The van der Waals surface area contributed by atoms with Crippen LogP contribution in [0.1, 0.15) is 39.2 Å². The number of nitrogens with zero attached hydrogens (tertiary/aromatic N) is 5. The first kappa shape index (κ1) is 26.0. The third-order valence-electron chi connectivity index (χ3n) is 5.40. The molecule has 0 aliphatic carbocycles. The minimum Gasteiger partial charge on any atom is -0.366 e. The number of sulfonamides is 1. The second-order valence-corrected chi connectivity index (χ2v) is 9.23. The first-order chi connectivity index (χ1) is 14.8. The van der Waals surface area contributed by atoms with Crippen molar-refractivity contribution in [2.45, 2.75) is 51.1 Å². The number of imidazole rings is 1. The van der Waals surface area contributed by atoms with Gasteiger partial charge in [-0.25, -0.2) is 28.5 Å². The Morgan fingerprint density at radius 2 is 1.81 bits per heavy atom. The summed E-state index contributed by atoms with van der Waals surface area (Å²) in [5.41, 5.74) is 2.37. The molecule has 3 N–H and O–H groups in total. The van der Waals surface area contributed by atoms with Crippen molar-refractivity contribution in [3.63, 3.8) is 0 Å². The van der Waals surface area contributed by atoms with Crippen molar-refractivity contribution in [2.24, 2.45) is 5.14 Å². The van der Waals surface area contributed by atoms with Gasteiger partial charge in [0, 0.05) is 6.04 Å². The summed E-state index contributed by atoms with van der Waals surface area (Å²) in [6.07, 6.45) is 5.42. The number of anilines is 1. The van der Waals surface area contributed by atoms with Gasteiger partial charge in [-0.1, -0.05) is 26.0 Å². The van der Waals surface area contributed by atoms with E-state index < -0.39 is 10.0 Å². The van der Waals surface area contributed by atoms with Crippen molar-refractivity contribution < 1.29 is 8.42 Å². The zero-order chi connectivity index (χ0) is 22.4. The summed E-state index contributed by atoms with van der Waals surface area (Å²) in [5, 5.41) is 8.63. The normalized spacial score (nSPS) is 12.7. The molecule has 0 saturated carbocycles. The van der Waals surface area contributed by atoms with Gasteiger partial charge in [0.15, 0.2) is 11.5 Å². The first-order valence-electron chi connectivity index (χ1n) is 10.6. The van der Waals surface area contributed by atoms with Crippen molar-refractivity contribution in [1.82, 2.24) is 24.4 Å². The Morgan fingerprint density at radius 3 is 2.44 bits per heavy atom. The zero-order valence-corrected chi connectivity index (χ0v) is 20.4. The quantitative estimate of drug-likeness (QED) is 0.432. The summed E-state index contributed by atoms with van der Waals surface area (Å²) in [5.74, 6) is 0.726. The Morgan fingerprint density at radius 1 is 1.12 bits per heavy atom. The molecule has 0 radical (unpaired) electrons. The molecule has 1 unspecified atom stereocenters. The molecule has 1 atom stereocenters. The van der Waals surface area contributed by atoms with E-state index in [-0.39, 0.29) is 23.3 Å². The first-order valence-corrected chi connectivity index (χ1v) is 12.1. The Labute approximate surface area is 195 Å². The second-order valence-electron chi connectivity index (χ2n) is 7.67. The van der Waals surface area contributed by atoms with Crippen molar-refractivity contribution in [3.8, 4) is 0 Å². The third-order valence-corrected chi connectivity index (χ3v) is 6.32. The molecular formula is C21H32ClN7O2S. The summed E-state index contributed by atoms with van der Waals surface area (Å²) in [7, 11) is -3.70. The molecule has 0 aliphatic heterocycles. The van der Waals surface area contributed by atoms with Gasteiger partial charge in [0.1, 0.15) is 11.8 Å². The predicted octanol–water partition coefficient (Wildman–Crippen LogP) is 2.87. The number of rotatable bonds is 11. The van der Waals surface area contributed by atoms with Crippen molar-refractivity contribution >= 4 is 39.4 Å². The van der Waals surface area contributed by atoms with Gasteiger partial charge in [0.25, 0.3) is 0 Å². The maximum atomic E-state index is 11.4. The van der Waals surface area contributed by atoms with Gasteiger partial charge in [-0.05, 0) is 57.1 Å². The highest BCUT2D eigenvalue weighted by molar-refractivity contribution is 7.89. The van der Waals surface area contributed by atoms with Gasteiger partial charge < -0.3 is 14.8 Å². The molecular weight excluding hydrogens is 450 g/mol. The van der Waals surface area contributed by atoms with E-state index in [9.17, 15) is 8.42 Å². The topological polar surface area (TPSA) is 119 Å². The van der Waals surface area contributed by atoms with Crippen LogP contribution in [0.25, 0.3) is 11.2 Å². The lowest BCUT2D eigenvalue weighted by Crippen LogP contribution is -2.25. The van der Waals surface area contributed by atoms with Crippen LogP contribution in [0.2, 0.25) is 0 Å². The van der Waals surface area contributed by atoms with E-state index in [1.807, 2.05) is 4.57 Å². The van der Waals surface area contributed by atoms with E-state index in [0.29, 0.717) is 6.54 Å².